The standard InChI is InChI=1S/C15H13F3O2.C8H8ClNO2.C2H6/c16-15(17,18)12-3-1-11(2-4-12)9-10-20-14-7-5-13(19)6-8-14;1-10-8(12)6-4-5(9)2-3-7(6)11;1-2/h1-8,19H,9-10H2;2-4,11H,1H3,(H,10,12);1-2H3. The fourth-order valence-corrected chi connectivity index (χ4v) is 2.69. The lowest BCUT2D eigenvalue weighted by Crippen LogP contribution is -2.17. The van der Waals surface area contributed by atoms with Gasteiger partial charge in [-0.05, 0) is 60.2 Å². The number of halogens is 4. The molecular weight excluding hydrogens is 471 g/mol. The molecule has 0 aliphatic heterocycles. The van der Waals surface area contributed by atoms with Crippen molar-refractivity contribution in [2.45, 2.75) is 26.4 Å². The topological polar surface area (TPSA) is 78.8 Å². The van der Waals surface area contributed by atoms with E-state index in [-0.39, 0.29) is 23.0 Å². The van der Waals surface area contributed by atoms with Crippen molar-refractivity contribution in [2.24, 2.45) is 0 Å². The lowest BCUT2D eigenvalue weighted by atomic mass is 10.1. The third-order valence-corrected chi connectivity index (χ3v) is 4.44. The highest BCUT2D eigenvalue weighted by Crippen LogP contribution is 2.29. The van der Waals surface area contributed by atoms with Crippen molar-refractivity contribution in [3.8, 4) is 17.2 Å². The molecule has 0 spiro atoms. The van der Waals surface area contributed by atoms with Gasteiger partial charge in [-0.3, -0.25) is 4.79 Å². The minimum absolute atomic E-state index is 0.0706. The first-order valence-corrected chi connectivity index (χ1v) is 10.8. The predicted octanol–water partition coefficient (Wildman–Crippen LogP) is 6.46. The van der Waals surface area contributed by atoms with Gasteiger partial charge in [0.25, 0.3) is 5.91 Å². The second kappa shape index (κ2) is 14.0. The number of hydrogen-bond acceptors (Lipinski definition) is 4. The van der Waals surface area contributed by atoms with Crippen LogP contribution in [-0.2, 0) is 12.6 Å². The van der Waals surface area contributed by atoms with Gasteiger partial charge in [-0.2, -0.15) is 13.2 Å². The van der Waals surface area contributed by atoms with Gasteiger partial charge in [0.05, 0.1) is 17.7 Å². The first kappa shape index (κ1) is 28.6. The summed E-state index contributed by atoms with van der Waals surface area (Å²) < 4.78 is 42.6. The minimum atomic E-state index is -4.30. The van der Waals surface area contributed by atoms with Crippen LogP contribution in [0.3, 0.4) is 0 Å². The molecule has 34 heavy (non-hydrogen) atoms. The van der Waals surface area contributed by atoms with Gasteiger partial charge in [-0.15, -0.1) is 0 Å². The van der Waals surface area contributed by atoms with E-state index in [1.807, 2.05) is 13.8 Å². The number of amides is 1. The highest BCUT2D eigenvalue weighted by atomic mass is 35.5. The Morgan fingerprint density at radius 1 is 0.971 bits per heavy atom. The minimum Gasteiger partial charge on any atom is -0.508 e. The van der Waals surface area contributed by atoms with Gasteiger partial charge in [-0.25, -0.2) is 0 Å². The summed E-state index contributed by atoms with van der Waals surface area (Å²) in [5, 5.41) is 21.1. The van der Waals surface area contributed by atoms with Crippen LogP contribution in [0.4, 0.5) is 13.2 Å². The predicted molar refractivity (Wildman–Crippen MR) is 127 cm³/mol. The Morgan fingerprint density at radius 2 is 1.56 bits per heavy atom. The highest BCUT2D eigenvalue weighted by Gasteiger charge is 2.29. The maximum absolute atomic E-state index is 12.4. The van der Waals surface area contributed by atoms with Gasteiger partial charge in [-0.1, -0.05) is 37.6 Å². The molecule has 184 valence electrons. The molecule has 0 aliphatic carbocycles. The lowest BCUT2D eigenvalue weighted by molar-refractivity contribution is -0.137. The van der Waals surface area contributed by atoms with E-state index in [9.17, 15) is 23.1 Å². The number of ether oxygens (including phenoxy) is 1. The summed E-state index contributed by atoms with van der Waals surface area (Å²) in [4.78, 5) is 11.1. The molecule has 0 saturated heterocycles. The van der Waals surface area contributed by atoms with E-state index in [0.717, 1.165) is 17.7 Å². The molecule has 5 nitrogen and oxygen atoms in total. The zero-order chi connectivity index (χ0) is 25.7. The van der Waals surface area contributed by atoms with Crippen LogP contribution in [0, 0.1) is 0 Å². The summed E-state index contributed by atoms with van der Waals surface area (Å²) in [6.07, 6.45) is -3.79. The third-order valence-electron chi connectivity index (χ3n) is 4.21. The SMILES string of the molecule is CC.CNC(=O)c1cc(Cl)ccc1O.Oc1ccc(OCCc2ccc(C(F)(F)F)cc2)cc1. The summed E-state index contributed by atoms with van der Waals surface area (Å²) in [6, 6.07) is 15.6. The van der Waals surface area contributed by atoms with Crippen molar-refractivity contribution in [3.63, 3.8) is 0 Å². The van der Waals surface area contributed by atoms with Crippen LogP contribution in [-0.4, -0.2) is 29.8 Å². The van der Waals surface area contributed by atoms with Gasteiger partial charge in [0.2, 0.25) is 0 Å². The van der Waals surface area contributed by atoms with E-state index in [1.165, 1.54) is 49.5 Å². The van der Waals surface area contributed by atoms with Crippen LogP contribution < -0.4 is 10.1 Å². The van der Waals surface area contributed by atoms with Crippen LogP contribution in [0.5, 0.6) is 17.2 Å². The van der Waals surface area contributed by atoms with Crippen LogP contribution in [0.1, 0.15) is 35.3 Å². The van der Waals surface area contributed by atoms with Gasteiger partial charge in [0.1, 0.15) is 17.2 Å². The number of aromatic hydroxyl groups is 2. The molecule has 0 fully saturated rings. The van der Waals surface area contributed by atoms with E-state index < -0.39 is 11.7 Å². The van der Waals surface area contributed by atoms with E-state index in [0.29, 0.717) is 23.8 Å². The van der Waals surface area contributed by atoms with Crippen molar-refractivity contribution in [1.29, 1.82) is 0 Å². The third kappa shape index (κ3) is 9.62. The van der Waals surface area contributed by atoms with Crippen LogP contribution >= 0.6 is 11.6 Å². The molecule has 0 aliphatic rings. The molecule has 9 heteroatoms. The number of hydrogen-bond donors (Lipinski definition) is 3. The number of phenolic OH excluding ortho intramolecular Hbond substituents is 2. The van der Waals surface area contributed by atoms with Gasteiger partial charge >= 0.3 is 6.18 Å². The average Bonchev–Trinajstić information content (AvgIpc) is 2.83. The van der Waals surface area contributed by atoms with E-state index in [2.05, 4.69) is 5.32 Å². The maximum Gasteiger partial charge on any atom is 0.416 e. The van der Waals surface area contributed by atoms with Crippen LogP contribution in [0.15, 0.2) is 66.7 Å². The quantitative estimate of drug-likeness (QED) is 0.378. The molecule has 0 radical (unpaired) electrons. The van der Waals surface area contributed by atoms with Gasteiger partial charge < -0.3 is 20.3 Å². The van der Waals surface area contributed by atoms with Crippen LogP contribution in [0.25, 0.3) is 0 Å². The summed E-state index contributed by atoms with van der Waals surface area (Å²) in [5.41, 5.74) is 0.308. The van der Waals surface area contributed by atoms with Crippen LogP contribution in [0.2, 0.25) is 5.02 Å². The first-order valence-electron chi connectivity index (χ1n) is 10.4. The number of alkyl halides is 3. The Labute approximate surface area is 201 Å². The van der Waals surface area contributed by atoms with E-state index >= 15 is 0 Å². The van der Waals surface area contributed by atoms with Crippen molar-refractivity contribution in [1.82, 2.24) is 5.32 Å². The molecule has 3 aromatic carbocycles. The molecule has 3 N–H and O–H groups in total. The normalized spacial score (nSPS) is 10.2. The van der Waals surface area contributed by atoms with Crippen molar-refractivity contribution < 1.29 is 32.9 Å². The van der Waals surface area contributed by atoms with Crippen molar-refractivity contribution >= 4 is 17.5 Å². The Hall–Kier alpha value is -3.39. The monoisotopic (exact) mass is 497 g/mol. The number of benzene rings is 3. The second-order valence-corrected chi connectivity index (χ2v) is 6.96. The molecule has 0 atom stereocenters. The number of carbonyl (C=O) groups is 1. The van der Waals surface area contributed by atoms with Crippen molar-refractivity contribution in [2.75, 3.05) is 13.7 Å². The summed E-state index contributed by atoms with van der Waals surface area (Å²) in [7, 11) is 1.49. The summed E-state index contributed by atoms with van der Waals surface area (Å²) in [5.74, 6) is 0.337. The Kier molecular flexibility index (Phi) is 11.8. The molecule has 3 rings (SSSR count). The molecule has 0 aromatic heterocycles. The van der Waals surface area contributed by atoms with Gasteiger partial charge in [0.15, 0.2) is 0 Å². The Morgan fingerprint density at radius 3 is 2.09 bits per heavy atom. The van der Waals surface area contributed by atoms with E-state index in [1.54, 1.807) is 12.1 Å². The zero-order valence-corrected chi connectivity index (χ0v) is 19.7. The number of nitrogens with one attached hydrogen (secondary N) is 1. The summed E-state index contributed by atoms with van der Waals surface area (Å²) in [6.45, 7) is 4.36. The number of phenols is 2. The molecule has 1 amide bonds. The zero-order valence-electron chi connectivity index (χ0n) is 19.0. The average molecular weight is 498 g/mol. The fourth-order valence-electron chi connectivity index (χ4n) is 2.51. The summed E-state index contributed by atoms with van der Waals surface area (Å²) >= 11 is 5.63. The Balaban J connectivity index is 0.000000353. The number of carbonyl (C=O) groups excluding carboxylic acids is 1. The highest BCUT2D eigenvalue weighted by molar-refractivity contribution is 6.31. The molecule has 3 aromatic rings. The second-order valence-electron chi connectivity index (χ2n) is 6.53. The maximum atomic E-state index is 12.4. The first-order chi connectivity index (χ1) is 16.1. The fraction of sp³-hybridized carbons (Fsp3) is 0.240. The molecular formula is C25H27ClF3NO4. The molecule has 0 saturated carbocycles. The molecule has 0 bridgehead atoms. The van der Waals surface area contributed by atoms with Crippen molar-refractivity contribution in [3.05, 3.63) is 88.4 Å². The lowest BCUT2D eigenvalue weighted by Gasteiger charge is -2.08. The largest absolute Gasteiger partial charge is 0.508 e. The molecule has 0 heterocycles. The smallest absolute Gasteiger partial charge is 0.416 e. The molecule has 0 unspecified atom stereocenters. The Bertz CT molecular complexity index is 1020. The number of rotatable bonds is 5. The van der Waals surface area contributed by atoms with Gasteiger partial charge in [0, 0.05) is 18.5 Å². The van der Waals surface area contributed by atoms with E-state index in [4.69, 9.17) is 21.4 Å².